The fraction of sp³-hybridized carbons (Fsp3) is 0.143. The molecule has 8 nitrogen and oxygen atoms in total. The van der Waals surface area contributed by atoms with Crippen LogP contribution in [0.4, 0.5) is 28.9 Å². The van der Waals surface area contributed by atoms with E-state index in [1.54, 1.807) is 31.2 Å². The van der Waals surface area contributed by atoms with E-state index in [9.17, 15) is 22.4 Å². The van der Waals surface area contributed by atoms with Crippen LogP contribution in [0.25, 0.3) is 17.1 Å². The van der Waals surface area contributed by atoms with Crippen molar-refractivity contribution < 1.29 is 22.4 Å². The highest BCUT2D eigenvalue weighted by Crippen LogP contribution is 2.31. The first-order chi connectivity index (χ1) is 16.1. The van der Waals surface area contributed by atoms with E-state index in [2.05, 4.69) is 20.5 Å². The lowest BCUT2D eigenvalue weighted by Crippen LogP contribution is -2.14. The second kappa shape index (κ2) is 8.78. The van der Waals surface area contributed by atoms with Crippen molar-refractivity contribution >= 4 is 28.9 Å². The molecule has 0 unspecified atom stereocenters. The number of nitrogens with two attached hydrogens (primary N) is 1. The number of halogens is 5. The number of carbonyl (C=O) groups excluding carboxylic acids is 1. The number of aryl methyl sites for hydroxylation is 1. The Balaban J connectivity index is 1.65. The predicted octanol–water partition coefficient (Wildman–Crippen LogP) is 4.80. The lowest BCUT2D eigenvalue weighted by molar-refractivity contribution is -0.144. The number of alkyl halides is 3. The summed E-state index contributed by atoms with van der Waals surface area (Å²) < 4.78 is 55.5. The summed E-state index contributed by atoms with van der Waals surface area (Å²) in [6.45, 7) is 1.84. The highest BCUT2D eigenvalue weighted by atomic mass is 35.5. The van der Waals surface area contributed by atoms with Gasteiger partial charge >= 0.3 is 6.18 Å². The molecule has 0 saturated heterocycles. The topological polar surface area (TPSA) is 104 Å². The summed E-state index contributed by atoms with van der Waals surface area (Å²) in [6.07, 6.45) is -3.31. The Morgan fingerprint density at radius 2 is 1.85 bits per heavy atom. The number of para-hydroxylation sites is 1. The Morgan fingerprint density at radius 1 is 1.15 bits per heavy atom. The third-order valence-electron chi connectivity index (χ3n) is 4.76. The van der Waals surface area contributed by atoms with Gasteiger partial charge in [0.15, 0.2) is 11.5 Å². The number of hydrogen-bond donors (Lipinski definition) is 2. The van der Waals surface area contributed by atoms with Gasteiger partial charge in [-0.25, -0.2) is 18.7 Å². The summed E-state index contributed by atoms with van der Waals surface area (Å²) in [5.74, 6) is -2.68. The van der Waals surface area contributed by atoms with Crippen LogP contribution in [0.2, 0.25) is 5.02 Å². The summed E-state index contributed by atoms with van der Waals surface area (Å²) in [7, 11) is 0. The van der Waals surface area contributed by atoms with Crippen LogP contribution in [-0.4, -0.2) is 30.5 Å². The Labute approximate surface area is 195 Å². The van der Waals surface area contributed by atoms with Gasteiger partial charge in [-0.2, -0.15) is 18.3 Å². The average molecular weight is 494 g/mol. The summed E-state index contributed by atoms with van der Waals surface area (Å²) in [6, 6.07) is 10.3. The van der Waals surface area contributed by atoms with Crippen molar-refractivity contribution in [1.82, 2.24) is 24.5 Å². The molecule has 2 aromatic carbocycles. The first kappa shape index (κ1) is 23.2. The minimum absolute atomic E-state index is 0.0567. The predicted molar refractivity (Wildman–Crippen MR) is 116 cm³/mol. The van der Waals surface area contributed by atoms with Crippen molar-refractivity contribution in [3.05, 3.63) is 71.0 Å². The highest BCUT2D eigenvalue weighted by Gasteiger charge is 2.37. The zero-order valence-electron chi connectivity index (χ0n) is 17.4. The number of carbonyl (C=O) groups is 1. The molecule has 34 heavy (non-hydrogen) atoms. The van der Waals surface area contributed by atoms with Gasteiger partial charge in [0, 0.05) is 17.8 Å². The van der Waals surface area contributed by atoms with Gasteiger partial charge < -0.3 is 11.1 Å². The Hall–Kier alpha value is -3.93. The minimum atomic E-state index is -4.66. The van der Waals surface area contributed by atoms with E-state index < -0.39 is 23.7 Å². The van der Waals surface area contributed by atoms with Gasteiger partial charge in [-0.15, -0.1) is 5.10 Å². The van der Waals surface area contributed by atoms with Gasteiger partial charge in [-0.3, -0.25) is 4.79 Å². The monoisotopic (exact) mass is 493 g/mol. The molecule has 2 heterocycles. The molecule has 3 N–H and O–H groups in total. The zero-order chi connectivity index (χ0) is 24.6. The molecule has 176 valence electrons. The standard InChI is InChI=1S/C21H16ClF4N7O/c1-2-32-19(29-20(31-32)21(24,25)26)11-6-8-12(9-7-11)28-15-10-33(30-16(15)18(27)34)17-13(22)4-3-5-14(17)23/h3-10,28H,2H2,1H3,(H2,27,34). The van der Waals surface area contributed by atoms with Crippen molar-refractivity contribution in [3.63, 3.8) is 0 Å². The van der Waals surface area contributed by atoms with Crippen LogP contribution in [0, 0.1) is 5.82 Å². The SMILES string of the molecule is CCn1nc(C(F)(F)F)nc1-c1ccc(Nc2cn(-c3c(F)cccc3Cl)nc2C(N)=O)cc1. The van der Waals surface area contributed by atoms with Crippen LogP contribution in [0.15, 0.2) is 48.7 Å². The second-order valence-electron chi connectivity index (χ2n) is 7.05. The number of nitrogens with zero attached hydrogens (tertiary/aromatic N) is 5. The Morgan fingerprint density at radius 3 is 2.44 bits per heavy atom. The lowest BCUT2D eigenvalue weighted by Gasteiger charge is -2.07. The quantitative estimate of drug-likeness (QED) is 0.375. The maximum absolute atomic E-state index is 14.3. The molecule has 0 atom stereocenters. The molecule has 0 spiro atoms. The zero-order valence-corrected chi connectivity index (χ0v) is 18.2. The summed E-state index contributed by atoms with van der Waals surface area (Å²) in [5, 5.41) is 10.6. The molecule has 0 bridgehead atoms. The van der Waals surface area contributed by atoms with E-state index in [0.717, 1.165) is 9.36 Å². The van der Waals surface area contributed by atoms with Crippen LogP contribution in [0.5, 0.6) is 0 Å². The molecule has 0 aliphatic carbocycles. The minimum Gasteiger partial charge on any atom is -0.364 e. The second-order valence-corrected chi connectivity index (χ2v) is 7.45. The molecule has 1 amide bonds. The molecule has 0 aliphatic heterocycles. The molecule has 0 saturated carbocycles. The summed E-state index contributed by atoms with van der Waals surface area (Å²) in [4.78, 5) is 15.5. The van der Waals surface area contributed by atoms with Crippen molar-refractivity contribution in [2.75, 3.05) is 5.32 Å². The fourth-order valence-electron chi connectivity index (χ4n) is 3.22. The number of hydrogen-bond acceptors (Lipinski definition) is 5. The van der Waals surface area contributed by atoms with Crippen LogP contribution in [-0.2, 0) is 12.7 Å². The fourth-order valence-corrected chi connectivity index (χ4v) is 3.47. The summed E-state index contributed by atoms with van der Waals surface area (Å²) in [5.41, 5.74) is 6.23. The van der Waals surface area contributed by atoms with E-state index in [1.165, 1.54) is 24.4 Å². The van der Waals surface area contributed by atoms with Crippen LogP contribution < -0.4 is 11.1 Å². The van der Waals surface area contributed by atoms with Crippen molar-refractivity contribution in [3.8, 4) is 17.1 Å². The van der Waals surface area contributed by atoms with E-state index in [0.29, 0.717) is 11.3 Å². The molecule has 0 fully saturated rings. The van der Waals surface area contributed by atoms with Crippen molar-refractivity contribution in [2.45, 2.75) is 19.6 Å². The van der Waals surface area contributed by atoms with Crippen LogP contribution in [0.3, 0.4) is 0 Å². The number of anilines is 2. The van der Waals surface area contributed by atoms with Gasteiger partial charge in [-0.05, 0) is 43.3 Å². The Kier molecular flexibility index (Phi) is 6.00. The molecule has 13 heteroatoms. The normalized spacial score (nSPS) is 11.6. The maximum Gasteiger partial charge on any atom is 0.453 e. The van der Waals surface area contributed by atoms with Gasteiger partial charge in [0.25, 0.3) is 11.7 Å². The van der Waals surface area contributed by atoms with Crippen LogP contribution >= 0.6 is 11.6 Å². The van der Waals surface area contributed by atoms with Gasteiger partial charge in [0.05, 0.1) is 16.9 Å². The third kappa shape index (κ3) is 4.44. The molecule has 0 radical (unpaired) electrons. The number of nitrogens with one attached hydrogen (secondary N) is 1. The van der Waals surface area contributed by atoms with E-state index in [4.69, 9.17) is 17.3 Å². The number of amides is 1. The first-order valence-electron chi connectivity index (χ1n) is 9.81. The van der Waals surface area contributed by atoms with Crippen molar-refractivity contribution in [2.24, 2.45) is 5.73 Å². The van der Waals surface area contributed by atoms with Gasteiger partial charge in [-0.1, -0.05) is 17.7 Å². The lowest BCUT2D eigenvalue weighted by atomic mass is 10.2. The molecule has 2 aromatic heterocycles. The summed E-state index contributed by atoms with van der Waals surface area (Å²) >= 11 is 6.07. The molecular weight excluding hydrogens is 478 g/mol. The number of rotatable bonds is 6. The smallest absolute Gasteiger partial charge is 0.364 e. The molecule has 0 aliphatic rings. The van der Waals surface area contributed by atoms with E-state index in [-0.39, 0.29) is 34.5 Å². The van der Waals surface area contributed by atoms with Crippen molar-refractivity contribution in [1.29, 1.82) is 0 Å². The molecular formula is C21H16ClF4N7O. The van der Waals surface area contributed by atoms with Crippen LogP contribution in [0.1, 0.15) is 23.2 Å². The molecule has 4 aromatic rings. The Bertz CT molecular complexity index is 1340. The number of primary amides is 1. The van der Waals surface area contributed by atoms with Gasteiger partial charge in [0.2, 0.25) is 0 Å². The first-order valence-corrected chi connectivity index (χ1v) is 10.2. The van der Waals surface area contributed by atoms with Gasteiger partial charge in [0.1, 0.15) is 11.5 Å². The largest absolute Gasteiger partial charge is 0.453 e. The molecule has 4 rings (SSSR count). The van der Waals surface area contributed by atoms with E-state index in [1.807, 2.05) is 0 Å². The maximum atomic E-state index is 14.3. The highest BCUT2D eigenvalue weighted by molar-refractivity contribution is 6.32. The number of benzene rings is 2. The third-order valence-corrected chi connectivity index (χ3v) is 5.07. The average Bonchev–Trinajstić information content (AvgIpc) is 3.39. The number of aromatic nitrogens is 5. The van der Waals surface area contributed by atoms with E-state index >= 15 is 0 Å².